The van der Waals surface area contributed by atoms with Crippen molar-refractivity contribution >= 4 is 17.8 Å². The summed E-state index contributed by atoms with van der Waals surface area (Å²) in [6, 6.07) is 0. The van der Waals surface area contributed by atoms with Gasteiger partial charge in [0.25, 0.3) is 0 Å². The molecule has 1 aliphatic heterocycles. The van der Waals surface area contributed by atoms with E-state index in [1.54, 1.807) is 0 Å². The summed E-state index contributed by atoms with van der Waals surface area (Å²) in [5.41, 5.74) is 0. The van der Waals surface area contributed by atoms with E-state index in [0.29, 0.717) is 5.95 Å². The zero-order valence-corrected chi connectivity index (χ0v) is 12.9. The fraction of sp³-hybridized carbons (Fsp3) is 0.786. The second kappa shape index (κ2) is 7.26. The van der Waals surface area contributed by atoms with Gasteiger partial charge in [-0.25, -0.2) is 0 Å². The highest BCUT2D eigenvalue weighted by Gasteiger charge is 2.17. The molecule has 0 saturated carbocycles. The molecule has 20 heavy (non-hydrogen) atoms. The van der Waals surface area contributed by atoms with Crippen LogP contribution in [0.25, 0.3) is 0 Å². The summed E-state index contributed by atoms with van der Waals surface area (Å²) in [6.45, 7) is 5.26. The van der Waals surface area contributed by atoms with Gasteiger partial charge in [-0.3, -0.25) is 0 Å². The van der Waals surface area contributed by atoms with E-state index in [1.165, 1.54) is 25.7 Å². The van der Waals surface area contributed by atoms with E-state index in [2.05, 4.69) is 37.0 Å². The number of unbranched alkanes of at least 4 members (excludes halogenated alkanes) is 1. The molecule has 6 heteroatoms. The number of hydrogen-bond donors (Lipinski definition) is 1. The zero-order chi connectivity index (χ0) is 14.4. The van der Waals surface area contributed by atoms with Crippen LogP contribution < -0.4 is 15.1 Å². The summed E-state index contributed by atoms with van der Waals surface area (Å²) >= 11 is 0. The van der Waals surface area contributed by atoms with Crippen LogP contribution in [0.15, 0.2) is 0 Å². The van der Waals surface area contributed by atoms with Crippen LogP contribution in [0.4, 0.5) is 17.8 Å². The molecule has 0 amide bonds. The topological polar surface area (TPSA) is 57.2 Å². The van der Waals surface area contributed by atoms with Crippen molar-refractivity contribution in [3.63, 3.8) is 0 Å². The molecule has 0 aromatic carbocycles. The molecule has 0 aliphatic carbocycles. The van der Waals surface area contributed by atoms with Crippen LogP contribution in [-0.2, 0) is 0 Å². The Labute approximate surface area is 121 Å². The third-order valence-corrected chi connectivity index (χ3v) is 3.66. The molecule has 1 fully saturated rings. The van der Waals surface area contributed by atoms with E-state index in [0.717, 1.165) is 38.0 Å². The van der Waals surface area contributed by atoms with Crippen molar-refractivity contribution in [2.24, 2.45) is 0 Å². The highest BCUT2D eigenvalue weighted by molar-refractivity contribution is 5.44. The summed E-state index contributed by atoms with van der Waals surface area (Å²) < 4.78 is 0. The van der Waals surface area contributed by atoms with Crippen molar-refractivity contribution in [3.8, 4) is 0 Å². The maximum atomic E-state index is 4.65. The second-order valence-corrected chi connectivity index (χ2v) is 5.33. The fourth-order valence-electron chi connectivity index (χ4n) is 2.37. The van der Waals surface area contributed by atoms with Crippen molar-refractivity contribution in [1.29, 1.82) is 0 Å². The number of hydrogen-bond acceptors (Lipinski definition) is 6. The van der Waals surface area contributed by atoms with Gasteiger partial charge in [-0.15, -0.1) is 0 Å². The van der Waals surface area contributed by atoms with Crippen LogP contribution in [0.2, 0.25) is 0 Å². The monoisotopic (exact) mass is 278 g/mol. The molecule has 0 atom stereocenters. The Bertz CT molecular complexity index is 416. The highest BCUT2D eigenvalue weighted by Crippen LogP contribution is 2.19. The van der Waals surface area contributed by atoms with E-state index in [1.807, 2.05) is 14.1 Å². The molecule has 1 aliphatic rings. The predicted molar refractivity (Wildman–Crippen MR) is 83.6 cm³/mol. The van der Waals surface area contributed by atoms with E-state index < -0.39 is 0 Å². The number of nitrogens with zero attached hydrogens (tertiary/aromatic N) is 5. The number of aromatic nitrogens is 3. The van der Waals surface area contributed by atoms with E-state index in [4.69, 9.17) is 0 Å². The summed E-state index contributed by atoms with van der Waals surface area (Å²) in [5.74, 6) is 2.22. The van der Waals surface area contributed by atoms with Gasteiger partial charge in [0, 0.05) is 33.7 Å². The summed E-state index contributed by atoms with van der Waals surface area (Å²) in [6.07, 6.45) is 6.08. The van der Waals surface area contributed by atoms with Gasteiger partial charge in [0.1, 0.15) is 0 Å². The van der Waals surface area contributed by atoms with E-state index in [9.17, 15) is 0 Å². The van der Waals surface area contributed by atoms with Gasteiger partial charge >= 0.3 is 0 Å². The number of piperidine rings is 1. The van der Waals surface area contributed by atoms with Gasteiger partial charge in [-0.05, 0) is 25.7 Å². The quantitative estimate of drug-likeness (QED) is 0.860. The first-order valence-corrected chi connectivity index (χ1v) is 7.64. The molecule has 2 heterocycles. The molecule has 0 spiro atoms. The summed E-state index contributed by atoms with van der Waals surface area (Å²) in [5, 5.41) is 3.04. The highest BCUT2D eigenvalue weighted by atomic mass is 15.4. The van der Waals surface area contributed by atoms with Gasteiger partial charge in [0.2, 0.25) is 17.8 Å². The van der Waals surface area contributed by atoms with Crippen LogP contribution in [-0.4, -0.2) is 48.7 Å². The standard InChI is InChI=1S/C14H26N6/c1-4-5-9-19(3)13-16-12(15-2)17-14(18-13)20-10-7-6-8-11-20/h4-11H2,1-3H3,(H,15,16,17,18). The second-order valence-electron chi connectivity index (χ2n) is 5.33. The minimum atomic E-state index is 0.652. The Balaban J connectivity index is 2.18. The maximum absolute atomic E-state index is 4.65. The van der Waals surface area contributed by atoms with Crippen LogP contribution in [0.1, 0.15) is 39.0 Å². The van der Waals surface area contributed by atoms with Crippen LogP contribution in [0, 0.1) is 0 Å². The minimum Gasteiger partial charge on any atom is -0.357 e. The lowest BCUT2D eigenvalue weighted by molar-refractivity contribution is 0.567. The molecular formula is C14H26N6. The molecule has 112 valence electrons. The van der Waals surface area contributed by atoms with Crippen LogP contribution >= 0.6 is 0 Å². The fourth-order valence-corrected chi connectivity index (χ4v) is 2.37. The first kappa shape index (κ1) is 14.8. The Morgan fingerprint density at radius 1 is 1.15 bits per heavy atom. The molecule has 0 radical (unpaired) electrons. The van der Waals surface area contributed by atoms with Crippen LogP contribution in [0.3, 0.4) is 0 Å². The first-order valence-electron chi connectivity index (χ1n) is 7.64. The molecule has 0 unspecified atom stereocenters. The molecule has 1 N–H and O–H groups in total. The van der Waals surface area contributed by atoms with Crippen molar-refractivity contribution in [2.75, 3.05) is 48.8 Å². The van der Waals surface area contributed by atoms with Gasteiger partial charge < -0.3 is 15.1 Å². The van der Waals surface area contributed by atoms with Gasteiger partial charge in [0.15, 0.2) is 0 Å². The van der Waals surface area contributed by atoms with Crippen molar-refractivity contribution in [3.05, 3.63) is 0 Å². The van der Waals surface area contributed by atoms with Crippen molar-refractivity contribution in [2.45, 2.75) is 39.0 Å². The predicted octanol–water partition coefficient (Wildman–Crippen LogP) is 2.14. The van der Waals surface area contributed by atoms with E-state index >= 15 is 0 Å². The van der Waals surface area contributed by atoms with Gasteiger partial charge in [0.05, 0.1) is 0 Å². The Hall–Kier alpha value is -1.59. The normalized spacial score (nSPS) is 15.2. The number of nitrogens with one attached hydrogen (secondary N) is 1. The molecule has 0 bridgehead atoms. The van der Waals surface area contributed by atoms with E-state index in [-0.39, 0.29) is 0 Å². The molecule has 1 saturated heterocycles. The largest absolute Gasteiger partial charge is 0.357 e. The average molecular weight is 278 g/mol. The molecule has 6 nitrogen and oxygen atoms in total. The molecule has 2 rings (SSSR count). The lowest BCUT2D eigenvalue weighted by Gasteiger charge is -2.27. The average Bonchev–Trinajstić information content (AvgIpc) is 2.52. The number of anilines is 3. The summed E-state index contributed by atoms with van der Waals surface area (Å²) in [4.78, 5) is 18.0. The third-order valence-electron chi connectivity index (χ3n) is 3.66. The van der Waals surface area contributed by atoms with Gasteiger partial charge in [-0.2, -0.15) is 15.0 Å². The summed E-state index contributed by atoms with van der Waals surface area (Å²) in [7, 11) is 3.90. The van der Waals surface area contributed by atoms with Crippen molar-refractivity contribution in [1.82, 2.24) is 15.0 Å². The Morgan fingerprint density at radius 2 is 1.90 bits per heavy atom. The minimum absolute atomic E-state index is 0.652. The van der Waals surface area contributed by atoms with Crippen molar-refractivity contribution < 1.29 is 0 Å². The zero-order valence-electron chi connectivity index (χ0n) is 12.9. The lowest BCUT2D eigenvalue weighted by Crippen LogP contribution is -2.32. The maximum Gasteiger partial charge on any atom is 0.231 e. The smallest absolute Gasteiger partial charge is 0.231 e. The Kier molecular flexibility index (Phi) is 5.38. The van der Waals surface area contributed by atoms with Crippen LogP contribution in [0.5, 0.6) is 0 Å². The molecular weight excluding hydrogens is 252 g/mol. The third kappa shape index (κ3) is 3.71. The molecule has 1 aromatic heterocycles. The lowest BCUT2D eigenvalue weighted by atomic mass is 10.1. The SMILES string of the molecule is CCCCN(C)c1nc(NC)nc(N2CCCCC2)n1. The molecule has 1 aromatic rings. The van der Waals surface area contributed by atoms with Gasteiger partial charge in [-0.1, -0.05) is 13.3 Å². The Morgan fingerprint density at radius 3 is 2.55 bits per heavy atom. The number of rotatable bonds is 6. The first-order chi connectivity index (χ1) is 9.74.